The summed E-state index contributed by atoms with van der Waals surface area (Å²) in [6.07, 6.45) is 5.08. The minimum atomic E-state index is -3.66. The van der Waals surface area contributed by atoms with Crippen LogP contribution in [-0.2, 0) is 10.2 Å². The van der Waals surface area contributed by atoms with Crippen molar-refractivity contribution in [2.45, 2.75) is 45.1 Å². The van der Waals surface area contributed by atoms with E-state index in [1.54, 1.807) is 20.0 Å². The Kier molecular flexibility index (Phi) is 5.35. The summed E-state index contributed by atoms with van der Waals surface area (Å²) >= 11 is 11.8. The van der Waals surface area contributed by atoms with Gasteiger partial charge in [-0.3, -0.25) is 4.72 Å². The van der Waals surface area contributed by atoms with Crippen molar-refractivity contribution in [3.8, 4) is 0 Å². The summed E-state index contributed by atoms with van der Waals surface area (Å²) in [5.41, 5.74) is 0.921. The van der Waals surface area contributed by atoms with E-state index in [1.165, 1.54) is 10.7 Å². The second-order valence-electron chi connectivity index (χ2n) is 5.34. The number of aryl methyl sites for hydroxylation is 1. The third-order valence-electron chi connectivity index (χ3n) is 3.84. The van der Waals surface area contributed by atoms with Crippen LogP contribution in [0.1, 0.15) is 37.7 Å². The minimum Gasteiger partial charge on any atom is -0.268 e. The molecule has 0 spiro atoms. The van der Waals surface area contributed by atoms with E-state index in [9.17, 15) is 8.42 Å². The molecule has 1 aliphatic rings. The van der Waals surface area contributed by atoms with Crippen molar-refractivity contribution in [3.63, 3.8) is 0 Å². The van der Waals surface area contributed by atoms with E-state index in [2.05, 4.69) is 9.71 Å². The van der Waals surface area contributed by atoms with Gasteiger partial charge < -0.3 is 0 Å². The smallest absolute Gasteiger partial charge is 0.268 e. The topological polar surface area (TPSA) is 62.3 Å². The molecule has 1 N–H and O–H groups in total. The first-order valence-electron chi connectivity index (χ1n) is 6.89. The lowest BCUT2D eigenvalue weighted by molar-refractivity contribution is 0.287. The molecule has 1 aromatic rings. The summed E-state index contributed by atoms with van der Waals surface area (Å²) in [4.78, 5) is 3.88. The van der Waals surface area contributed by atoms with Crippen LogP contribution in [0.15, 0.2) is 6.07 Å². The number of halogens is 2. The zero-order valence-electron chi connectivity index (χ0n) is 12.1. The van der Waals surface area contributed by atoms with Crippen LogP contribution in [-0.4, -0.2) is 30.8 Å². The molecule has 21 heavy (non-hydrogen) atoms. The quantitative estimate of drug-likeness (QED) is 0.842. The highest BCUT2D eigenvalue weighted by atomic mass is 35.5. The first-order chi connectivity index (χ1) is 9.81. The molecule has 0 unspecified atom stereocenters. The van der Waals surface area contributed by atoms with Gasteiger partial charge in [0, 0.05) is 13.1 Å². The summed E-state index contributed by atoms with van der Waals surface area (Å²) in [5, 5.41) is 0.293. The lowest BCUT2D eigenvalue weighted by Crippen LogP contribution is -2.41. The molecule has 0 atom stereocenters. The maximum absolute atomic E-state index is 12.5. The third kappa shape index (κ3) is 4.00. The Morgan fingerprint density at radius 3 is 2.48 bits per heavy atom. The zero-order valence-corrected chi connectivity index (χ0v) is 14.4. The highest BCUT2D eigenvalue weighted by molar-refractivity contribution is 7.90. The number of aromatic nitrogens is 1. The van der Waals surface area contributed by atoms with Gasteiger partial charge in [-0.1, -0.05) is 42.5 Å². The van der Waals surface area contributed by atoms with Gasteiger partial charge >= 0.3 is 10.2 Å². The molecule has 0 bridgehead atoms. The molecule has 0 radical (unpaired) electrons. The molecule has 1 saturated carbocycles. The highest BCUT2D eigenvalue weighted by Crippen LogP contribution is 2.29. The van der Waals surface area contributed by atoms with Crippen LogP contribution < -0.4 is 4.72 Å². The average molecular weight is 352 g/mol. The van der Waals surface area contributed by atoms with Crippen LogP contribution in [0.2, 0.25) is 10.3 Å². The van der Waals surface area contributed by atoms with Crippen LogP contribution in [0.4, 0.5) is 5.69 Å². The second kappa shape index (κ2) is 6.69. The predicted octanol–water partition coefficient (Wildman–Crippen LogP) is 3.62. The zero-order chi connectivity index (χ0) is 15.6. The molecule has 2 rings (SSSR count). The molecule has 8 heteroatoms. The molecular weight excluding hydrogens is 333 g/mol. The Labute approximate surface area is 135 Å². The highest BCUT2D eigenvalue weighted by Gasteiger charge is 2.28. The van der Waals surface area contributed by atoms with Crippen LogP contribution >= 0.6 is 23.2 Å². The maximum atomic E-state index is 12.5. The van der Waals surface area contributed by atoms with Gasteiger partial charge in [-0.2, -0.15) is 12.7 Å². The van der Waals surface area contributed by atoms with Gasteiger partial charge in [0.2, 0.25) is 0 Å². The van der Waals surface area contributed by atoms with Crippen molar-refractivity contribution >= 4 is 39.1 Å². The molecule has 5 nitrogen and oxygen atoms in total. The first-order valence-corrected chi connectivity index (χ1v) is 9.09. The Hall–Kier alpha value is -0.560. The average Bonchev–Trinajstić information content (AvgIpc) is 2.43. The fraction of sp³-hybridized carbons (Fsp3) is 0.615. The molecule has 1 heterocycles. The molecule has 118 valence electrons. The van der Waals surface area contributed by atoms with E-state index in [-0.39, 0.29) is 22.0 Å². The summed E-state index contributed by atoms with van der Waals surface area (Å²) in [7, 11) is -2.05. The molecular formula is C13H19Cl2N3O2S. The fourth-order valence-electron chi connectivity index (χ4n) is 2.56. The lowest BCUT2D eigenvalue weighted by Gasteiger charge is -2.30. The summed E-state index contributed by atoms with van der Waals surface area (Å²) in [6.45, 7) is 1.73. The van der Waals surface area contributed by atoms with Crippen LogP contribution in [0.25, 0.3) is 0 Å². The number of nitrogens with zero attached hydrogens (tertiary/aromatic N) is 2. The van der Waals surface area contributed by atoms with Crippen molar-refractivity contribution in [2.24, 2.45) is 0 Å². The van der Waals surface area contributed by atoms with Gasteiger partial charge in [-0.25, -0.2) is 4.98 Å². The van der Waals surface area contributed by atoms with Gasteiger partial charge in [-0.15, -0.1) is 0 Å². The van der Waals surface area contributed by atoms with E-state index in [0.717, 1.165) is 25.7 Å². The van der Waals surface area contributed by atoms with Crippen molar-refractivity contribution in [3.05, 3.63) is 21.9 Å². The van der Waals surface area contributed by atoms with Gasteiger partial charge in [0.25, 0.3) is 0 Å². The molecule has 0 amide bonds. The number of hydrogen-bond acceptors (Lipinski definition) is 3. The van der Waals surface area contributed by atoms with E-state index in [0.29, 0.717) is 5.56 Å². The van der Waals surface area contributed by atoms with Crippen molar-refractivity contribution in [1.82, 2.24) is 9.29 Å². The monoisotopic (exact) mass is 351 g/mol. The summed E-state index contributed by atoms with van der Waals surface area (Å²) in [6, 6.07) is 1.61. The van der Waals surface area contributed by atoms with E-state index >= 15 is 0 Å². The van der Waals surface area contributed by atoms with Crippen molar-refractivity contribution in [2.75, 3.05) is 11.8 Å². The molecule has 1 aliphatic carbocycles. The number of nitrogens with one attached hydrogen (secondary N) is 1. The van der Waals surface area contributed by atoms with Crippen molar-refractivity contribution < 1.29 is 8.42 Å². The van der Waals surface area contributed by atoms with Gasteiger partial charge in [0.1, 0.15) is 5.15 Å². The molecule has 0 aromatic carbocycles. The standard InChI is InChI=1S/C13H19Cl2N3O2S/c1-9-8-11(14)16-13(15)12(9)17-21(19,20)18(2)10-6-4-3-5-7-10/h8,10,17H,3-7H2,1-2H3. The van der Waals surface area contributed by atoms with Crippen LogP contribution in [0, 0.1) is 6.92 Å². The van der Waals surface area contributed by atoms with Crippen LogP contribution in [0.3, 0.4) is 0 Å². The Balaban J connectivity index is 2.21. The van der Waals surface area contributed by atoms with E-state index < -0.39 is 10.2 Å². The van der Waals surface area contributed by atoms with Crippen molar-refractivity contribution in [1.29, 1.82) is 0 Å². The maximum Gasteiger partial charge on any atom is 0.301 e. The fourth-order valence-corrected chi connectivity index (χ4v) is 4.46. The Bertz CT molecular complexity index is 593. The number of rotatable bonds is 4. The van der Waals surface area contributed by atoms with Gasteiger partial charge in [0.05, 0.1) is 5.69 Å². The largest absolute Gasteiger partial charge is 0.301 e. The summed E-state index contributed by atoms with van der Waals surface area (Å²) < 4.78 is 28.9. The number of anilines is 1. The predicted molar refractivity (Wildman–Crippen MR) is 86.2 cm³/mol. The molecule has 0 saturated heterocycles. The Morgan fingerprint density at radius 2 is 1.90 bits per heavy atom. The number of pyridine rings is 1. The molecule has 1 fully saturated rings. The second-order valence-corrected chi connectivity index (χ2v) is 7.82. The number of hydrogen-bond donors (Lipinski definition) is 1. The van der Waals surface area contributed by atoms with E-state index in [1.807, 2.05) is 0 Å². The first kappa shape index (κ1) is 16.8. The molecule has 0 aliphatic heterocycles. The van der Waals surface area contributed by atoms with Gasteiger partial charge in [0.15, 0.2) is 5.15 Å². The normalized spacial score (nSPS) is 17.2. The summed E-state index contributed by atoms with van der Waals surface area (Å²) in [5.74, 6) is 0. The van der Waals surface area contributed by atoms with Gasteiger partial charge in [-0.05, 0) is 31.4 Å². The van der Waals surface area contributed by atoms with E-state index in [4.69, 9.17) is 23.2 Å². The Morgan fingerprint density at radius 1 is 1.29 bits per heavy atom. The SMILES string of the molecule is Cc1cc(Cl)nc(Cl)c1NS(=O)(=O)N(C)C1CCCCC1. The third-order valence-corrected chi connectivity index (χ3v) is 5.83. The molecule has 1 aromatic heterocycles. The lowest BCUT2D eigenvalue weighted by atomic mass is 9.96. The minimum absolute atomic E-state index is 0.0376. The van der Waals surface area contributed by atoms with Crippen LogP contribution in [0.5, 0.6) is 0 Å².